The Kier molecular flexibility index (Phi) is 6.62. The molecule has 2 aromatic rings. The highest BCUT2D eigenvalue weighted by molar-refractivity contribution is 8.00. The van der Waals surface area contributed by atoms with Crippen molar-refractivity contribution in [3.05, 3.63) is 29.6 Å². The maximum Gasteiger partial charge on any atom is 0.305 e. The molecule has 1 amide bonds. The molecule has 3 rings (SSSR count). The average molecular weight is 389 g/mol. The lowest BCUT2D eigenvalue weighted by atomic mass is 10.2. The topological polar surface area (TPSA) is 108 Å². The van der Waals surface area contributed by atoms with Gasteiger partial charge in [0.1, 0.15) is 11.1 Å². The Morgan fingerprint density at radius 2 is 2.26 bits per heavy atom. The van der Waals surface area contributed by atoms with Crippen LogP contribution in [-0.4, -0.2) is 48.2 Å². The number of amides is 1. The standard InChI is InChI=1S/C17H20N6O3S/c1-2-3-14-5-4-13(10-18)17(19-14)27-12-15(24)20-16-11-23(21-26-16)22-6-8-25-9-7-22/h4-5,11H,2-3,6-9,12H2,1H3/p+1. The first-order valence-corrected chi connectivity index (χ1v) is 9.72. The minimum absolute atomic E-state index is 0.121. The number of nitrogens with zero attached hydrogens (tertiary/aromatic N) is 5. The summed E-state index contributed by atoms with van der Waals surface area (Å²) in [6, 6.07) is 5.72. The Hall–Kier alpha value is -2.64. The van der Waals surface area contributed by atoms with Crippen LogP contribution in [0.3, 0.4) is 0 Å². The number of carbonyl (C=O) groups is 1. The van der Waals surface area contributed by atoms with Crippen molar-refractivity contribution < 1.29 is 18.8 Å². The molecule has 0 aromatic carbocycles. The summed E-state index contributed by atoms with van der Waals surface area (Å²) in [5.41, 5.74) is 1.39. The number of nitrogens with one attached hydrogen (secondary N) is 1. The minimum atomic E-state index is -0.253. The van der Waals surface area contributed by atoms with E-state index >= 15 is 0 Å². The van der Waals surface area contributed by atoms with Crippen LogP contribution in [0.2, 0.25) is 0 Å². The molecule has 0 aliphatic carbocycles. The lowest BCUT2D eigenvalue weighted by molar-refractivity contribution is -0.759. The van der Waals surface area contributed by atoms with E-state index in [0.29, 0.717) is 36.9 Å². The van der Waals surface area contributed by atoms with E-state index in [9.17, 15) is 10.1 Å². The van der Waals surface area contributed by atoms with Crippen molar-refractivity contribution in [1.29, 1.82) is 5.26 Å². The number of aryl methyl sites for hydroxylation is 1. The van der Waals surface area contributed by atoms with E-state index in [0.717, 1.165) is 18.5 Å². The van der Waals surface area contributed by atoms with Gasteiger partial charge in [-0.15, -0.1) is 5.01 Å². The predicted octanol–water partition coefficient (Wildman–Crippen LogP) is 0.880. The molecule has 2 aromatic heterocycles. The molecule has 3 heterocycles. The second-order valence-corrected chi connectivity index (χ2v) is 6.87. The van der Waals surface area contributed by atoms with Crippen LogP contribution in [0.15, 0.2) is 27.9 Å². The van der Waals surface area contributed by atoms with Crippen LogP contribution in [-0.2, 0) is 16.0 Å². The summed E-state index contributed by atoms with van der Waals surface area (Å²) in [7, 11) is 0. The van der Waals surface area contributed by atoms with Crippen molar-refractivity contribution >= 4 is 23.6 Å². The van der Waals surface area contributed by atoms with Crippen molar-refractivity contribution in [2.75, 3.05) is 42.4 Å². The van der Waals surface area contributed by atoms with Crippen molar-refractivity contribution in [2.45, 2.75) is 24.8 Å². The summed E-state index contributed by atoms with van der Waals surface area (Å²) in [6.07, 6.45) is 3.43. The number of morpholine rings is 1. The Morgan fingerprint density at radius 1 is 1.44 bits per heavy atom. The zero-order chi connectivity index (χ0) is 19.1. The van der Waals surface area contributed by atoms with Crippen LogP contribution >= 0.6 is 11.8 Å². The van der Waals surface area contributed by atoms with Gasteiger partial charge in [-0.3, -0.25) is 14.6 Å². The number of rotatable bonds is 7. The maximum atomic E-state index is 12.2. The molecule has 1 fully saturated rings. The van der Waals surface area contributed by atoms with E-state index in [1.54, 1.807) is 17.1 Å². The third kappa shape index (κ3) is 5.18. The smallest absolute Gasteiger partial charge is 0.305 e. The number of thioether (sulfide) groups is 1. The van der Waals surface area contributed by atoms with Gasteiger partial charge in [0.15, 0.2) is 0 Å². The van der Waals surface area contributed by atoms with E-state index < -0.39 is 0 Å². The second-order valence-electron chi connectivity index (χ2n) is 5.91. The number of anilines is 1. The molecule has 10 heteroatoms. The molecule has 1 aliphatic heterocycles. The molecule has 0 unspecified atom stereocenters. The molecule has 0 bridgehead atoms. The summed E-state index contributed by atoms with van der Waals surface area (Å²) < 4.78 is 10.5. The Morgan fingerprint density at radius 3 is 3.00 bits per heavy atom. The number of hydrogen-bond donors (Lipinski definition) is 1. The molecule has 27 heavy (non-hydrogen) atoms. The van der Waals surface area contributed by atoms with E-state index in [1.165, 1.54) is 11.8 Å². The Balaban J connectivity index is 1.56. The molecule has 1 saturated heterocycles. The van der Waals surface area contributed by atoms with Crippen LogP contribution in [0.4, 0.5) is 5.88 Å². The van der Waals surface area contributed by atoms with Gasteiger partial charge in [-0.2, -0.15) is 5.26 Å². The number of pyridine rings is 1. The molecule has 1 N–H and O–H groups in total. The Bertz CT molecular complexity index is 828. The third-order valence-electron chi connectivity index (χ3n) is 3.88. The summed E-state index contributed by atoms with van der Waals surface area (Å²) in [6.45, 7) is 4.74. The molecule has 1 aliphatic rings. The summed E-state index contributed by atoms with van der Waals surface area (Å²) in [4.78, 5) is 18.3. The van der Waals surface area contributed by atoms with E-state index in [-0.39, 0.29) is 17.5 Å². The van der Waals surface area contributed by atoms with Gasteiger partial charge in [0.2, 0.25) is 11.2 Å². The zero-order valence-electron chi connectivity index (χ0n) is 15.1. The normalized spacial score (nSPS) is 14.0. The third-order valence-corrected chi connectivity index (χ3v) is 4.87. The van der Waals surface area contributed by atoms with Gasteiger partial charge in [0.05, 0.1) is 42.4 Å². The minimum Gasteiger partial charge on any atom is -0.377 e. The van der Waals surface area contributed by atoms with Gasteiger partial charge >= 0.3 is 5.88 Å². The number of hydrogen-bond acceptors (Lipinski definition) is 8. The van der Waals surface area contributed by atoms with Gasteiger partial charge in [0, 0.05) is 5.69 Å². The van der Waals surface area contributed by atoms with E-state index in [4.69, 9.17) is 9.26 Å². The van der Waals surface area contributed by atoms with Crippen molar-refractivity contribution in [3.63, 3.8) is 0 Å². The van der Waals surface area contributed by atoms with Gasteiger partial charge in [-0.05, 0) is 18.6 Å². The number of ether oxygens (including phenoxy) is 1. The Labute approximate surface area is 161 Å². The molecule has 9 nitrogen and oxygen atoms in total. The first-order chi connectivity index (χ1) is 13.2. The average Bonchev–Trinajstić information content (AvgIpc) is 3.16. The second kappa shape index (κ2) is 9.34. The zero-order valence-corrected chi connectivity index (χ0v) is 15.9. The summed E-state index contributed by atoms with van der Waals surface area (Å²) in [5.74, 6) is 0.132. The lowest BCUT2D eigenvalue weighted by Gasteiger charge is -2.18. The molecular weight excluding hydrogens is 368 g/mol. The number of carbonyl (C=O) groups excluding carboxylic acids is 1. The van der Waals surface area contributed by atoms with Gasteiger partial charge in [-0.1, -0.05) is 25.1 Å². The molecule has 0 atom stereocenters. The predicted molar refractivity (Wildman–Crippen MR) is 97.8 cm³/mol. The largest absolute Gasteiger partial charge is 0.377 e. The van der Waals surface area contributed by atoms with E-state index in [1.807, 2.05) is 11.1 Å². The van der Waals surface area contributed by atoms with Crippen LogP contribution in [0, 0.1) is 11.3 Å². The van der Waals surface area contributed by atoms with Crippen LogP contribution in [0.25, 0.3) is 0 Å². The molecule has 0 saturated carbocycles. The van der Waals surface area contributed by atoms with Crippen LogP contribution in [0.5, 0.6) is 0 Å². The van der Waals surface area contributed by atoms with Crippen molar-refractivity contribution in [1.82, 2.24) is 10.3 Å². The highest BCUT2D eigenvalue weighted by atomic mass is 32.2. The summed E-state index contributed by atoms with van der Waals surface area (Å²) in [5, 5.41) is 18.3. The van der Waals surface area contributed by atoms with Gasteiger partial charge < -0.3 is 4.74 Å². The summed E-state index contributed by atoms with van der Waals surface area (Å²) >= 11 is 1.23. The quantitative estimate of drug-likeness (QED) is 0.549. The highest BCUT2D eigenvalue weighted by Crippen LogP contribution is 2.21. The van der Waals surface area contributed by atoms with Crippen molar-refractivity contribution in [3.8, 4) is 6.07 Å². The van der Waals surface area contributed by atoms with E-state index in [2.05, 4.69) is 28.6 Å². The van der Waals surface area contributed by atoms with Crippen LogP contribution in [0.1, 0.15) is 24.6 Å². The highest BCUT2D eigenvalue weighted by Gasteiger charge is 2.23. The van der Waals surface area contributed by atoms with Gasteiger partial charge in [0.25, 0.3) is 6.20 Å². The maximum absolute atomic E-state index is 12.2. The van der Waals surface area contributed by atoms with Crippen molar-refractivity contribution in [2.24, 2.45) is 0 Å². The first kappa shape index (κ1) is 19.1. The molecule has 142 valence electrons. The molecule has 0 spiro atoms. The molecular formula is C17H21N6O3S+. The van der Waals surface area contributed by atoms with Gasteiger partial charge in [-0.25, -0.2) is 4.98 Å². The lowest BCUT2D eigenvalue weighted by Crippen LogP contribution is -2.62. The first-order valence-electron chi connectivity index (χ1n) is 8.74. The fourth-order valence-electron chi connectivity index (χ4n) is 2.56. The fourth-order valence-corrected chi connectivity index (χ4v) is 3.35. The number of nitriles is 1. The molecule has 0 radical (unpaired) electrons. The fraction of sp³-hybridized carbons (Fsp3) is 0.471. The monoisotopic (exact) mass is 389 g/mol. The number of aromatic nitrogens is 3. The van der Waals surface area contributed by atoms with Crippen LogP contribution < -0.4 is 15.1 Å². The SMILES string of the molecule is CCCc1ccc(C#N)c(SCC(=O)Nc2c[n+](N3CCOCC3)no2)n1.